The first-order valence-electron chi connectivity index (χ1n) is 8.83. The molecule has 0 bridgehead atoms. The van der Waals surface area contributed by atoms with Gasteiger partial charge in [0.05, 0.1) is 0 Å². The lowest BCUT2D eigenvalue weighted by Gasteiger charge is -2.20. The number of nitrogens with zero attached hydrogens (tertiary/aromatic N) is 2. The summed E-state index contributed by atoms with van der Waals surface area (Å²) in [6, 6.07) is 17.1. The number of hydrogen-bond acceptors (Lipinski definition) is 4. The highest BCUT2D eigenvalue weighted by Gasteiger charge is 2.21. The van der Waals surface area contributed by atoms with Crippen LogP contribution in [0.4, 0.5) is 0 Å². The van der Waals surface area contributed by atoms with Gasteiger partial charge in [-0.15, -0.1) is 0 Å². The number of hydrogen-bond donors (Lipinski definition) is 1. The summed E-state index contributed by atoms with van der Waals surface area (Å²) in [4.78, 5) is 30.7. The van der Waals surface area contributed by atoms with Crippen LogP contribution < -0.4 is 10.1 Å². The highest BCUT2D eigenvalue weighted by atomic mass is 16.5. The molecule has 0 aliphatic carbocycles. The molecule has 2 heterocycles. The number of carbonyl (C=O) groups excluding carboxylic acids is 2. The number of rotatable bonds is 4. The van der Waals surface area contributed by atoms with E-state index in [1.165, 1.54) is 0 Å². The Morgan fingerprint density at radius 1 is 1.11 bits per heavy atom. The van der Waals surface area contributed by atoms with Crippen LogP contribution in [0.5, 0.6) is 5.75 Å². The number of amides is 2. The Bertz CT molecular complexity index is 997. The molecule has 1 aromatic heterocycles. The van der Waals surface area contributed by atoms with Crippen LogP contribution in [-0.4, -0.2) is 41.4 Å². The first kappa shape index (κ1) is 17.0. The molecule has 1 aliphatic heterocycles. The average molecular weight is 361 g/mol. The minimum absolute atomic E-state index is 0.00976. The van der Waals surface area contributed by atoms with Crippen molar-refractivity contribution in [3.05, 3.63) is 72.1 Å². The lowest BCUT2D eigenvalue weighted by molar-refractivity contribution is -0.133. The molecule has 2 aromatic carbocycles. The van der Waals surface area contributed by atoms with Crippen molar-refractivity contribution >= 4 is 22.6 Å². The van der Waals surface area contributed by atoms with Gasteiger partial charge in [0, 0.05) is 36.8 Å². The third kappa shape index (κ3) is 3.60. The van der Waals surface area contributed by atoms with Gasteiger partial charge in [-0.05, 0) is 17.5 Å². The van der Waals surface area contributed by atoms with E-state index in [-0.39, 0.29) is 18.4 Å². The van der Waals surface area contributed by atoms with E-state index >= 15 is 0 Å². The van der Waals surface area contributed by atoms with Crippen LogP contribution in [0.3, 0.4) is 0 Å². The van der Waals surface area contributed by atoms with Crippen molar-refractivity contribution in [1.29, 1.82) is 0 Å². The number of pyridine rings is 1. The van der Waals surface area contributed by atoms with Gasteiger partial charge in [0.2, 0.25) is 0 Å². The monoisotopic (exact) mass is 361 g/mol. The molecule has 0 spiro atoms. The molecule has 6 nitrogen and oxygen atoms in total. The van der Waals surface area contributed by atoms with E-state index < -0.39 is 0 Å². The second-order valence-corrected chi connectivity index (χ2v) is 6.35. The Balaban J connectivity index is 1.42. The molecule has 0 radical (unpaired) electrons. The molecular formula is C21H19N3O3. The van der Waals surface area contributed by atoms with Crippen LogP contribution in [0.2, 0.25) is 0 Å². The Labute approximate surface area is 156 Å². The van der Waals surface area contributed by atoms with E-state index in [1.807, 2.05) is 54.6 Å². The van der Waals surface area contributed by atoms with Gasteiger partial charge in [-0.3, -0.25) is 14.6 Å². The van der Waals surface area contributed by atoms with Gasteiger partial charge >= 0.3 is 0 Å². The van der Waals surface area contributed by atoms with Crippen LogP contribution in [0.15, 0.2) is 60.8 Å². The molecule has 136 valence electrons. The summed E-state index contributed by atoms with van der Waals surface area (Å²) in [5.74, 6) is 0.395. The van der Waals surface area contributed by atoms with E-state index in [0.717, 1.165) is 22.1 Å². The van der Waals surface area contributed by atoms with Gasteiger partial charge in [0.15, 0.2) is 6.61 Å². The smallest absolute Gasteiger partial charge is 0.270 e. The summed E-state index contributed by atoms with van der Waals surface area (Å²) in [5.41, 5.74) is 1.36. The average Bonchev–Trinajstić information content (AvgIpc) is 2.86. The second-order valence-electron chi connectivity index (χ2n) is 6.35. The number of nitrogens with one attached hydrogen (secondary N) is 1. The zero-order valence-corrected chi connectivity index (χ0v) is 14.7. The zero-order chi connectivity index (χ0) is 18.6. The standard InChI is InChI=1S/C21H19N3O3/c25-19-14-27-18-8-4-2-6-16(18)13-24(19)12-11-23-21(26)20-17-7-3-1-5-15(17)9-10-22-20/h1-10H,11-14H2,(H,23,26). The number of para-hydroxylation sites is 1. The maximum absolute atomic E-state index is 12.5. The van der Waals surface area contributed by atoms with Crippen molar-refractivity contribution in [3.63, 3.8) is 0 Å². The van der Waals surface area contributed by atoms with Crippen LogP contribution in [0.1, 0.15) is 16.1 Å². The third-order valence-corrected chi connectivity index (χ3v) is 4.59. The molecule has 2 amide bonds. The summed E-state index contributed by atoms with van der Waals surface area (Å²) in [6.45, 7) is 1.23. The fourth-order valence-electron chi connectivity index (χ4n) is 3.19. The SMILES string of the molecule is O=C(NCCN1Cc2ccccc2OCC1=O)c1nccc2ccccc12. The third-order valence-electron chi connectivity index (χ3n) is 4.59. The Morgan fingerprint density at radius 2 is 1.93 bits per heavy atom. The molecule has 0 atom stereocenters. The largest absolute Gasteiger partial charge is 0.483 e. The molecule has 4 rings (SSSR count). The topological polar surface area (TPSA) is 71.5 Å². The molecule has 1 aliphatic rings. The molecule has 6 heteroatoms. The lowest BCUT2D eigenvalue weighted by atomic mass is 10.1. The molecule has 0 saturated heterocycles. The summed E-state index contributed by atoms with van der Waals surface area (Å²) in [6.07, 6.45) is 1.63. The normalized spacial score (nSPS) is 13.6. The van der Waals surface area contributed by atoms with Crippen LogP contribution in [0, 0.1) is 0 Å². The molecule has 0 unspecified atom stereocenters. The Kier molecular flexibility index (Phi) is 4.70. The fourth-order valence-corrected chi connectivity index (χ4v) is 3.19. The van der Waals surface area contributed by atoms with Gasteiger partial charge < -0.3 is 15.0 Å². The van der Waals surface area contributed by atoms with Gasteiger partial charge in [-0.2, -0.15) is 0 Å². The quantitative estimate of drug-likeness (QED) is 0.775. The fraction of sp³-hybridized carbons (Fsp3) is 0.190. The number of benzene rings is 2. The van der Waals surface area contributed by atoms with Crippen molar-refractivity contribution in [2.75, 3.05) is 19.7 Å². The maximum Gasteiger partial charge on any atom is 0.270 e. The maximum atomic E-state index is 12.5. The van der Waals surface area contributed by atoms with E-state index in [9.17, 15) is 9.59 Å². The van der Waals surface area contributed by atoms with Crippen LogP contribution >= 0.6 is 0 Å². The highest BCUT2D eigenvalue weighted by Crippen LogP contribution is 2.22. The molecule has 27 heavy (non-hydrogen) atoms. The number of ether oxygens (including phenoxy) is 1. The minimum Gasteiger partial charge on any atom is -0.483 e. The number of carbonyl (C=O) groups is 2. The molecule has 3 aromatic rings. The molecule has 1 N–H and O–H groups in total. The highest BCUT2D eigenvalue weighted by molar-refractivity contribution is 6.05. The number of fused-ring (bicyclic) bond motifs is 2. The predicted octanol–water partition coefficient (Wildman–Crippen LogP) is 2.39. The summed E-state index contributed by atoms with van der Waals surface area (Å²) >= 11 is 0. The first-order chi connectivity index (χ1) is 13.2. The van der Waals surface area contributed by atoms with Crippen LogP contribution in [-0.2, 0) is 11.3 Å². The summed E-state index contributed by atoms with van der Waals surface area (Å²) < 4.78 is 5.55. The minimum atomic E-state index is -0.245. The van der Waals surface area contributed by atoms with Crippen molar-refractivity contribution in [1.82, 2.24) is 15.2 Å². The number of aromatic nitrogens is 1. The zero-order valence-electron chi connectivity index (χ0n) is 14.7. The van der Waals surface area contributed by atoms with Crippen molar-refractivity contribution in [2.45, 2.75) is 6.54 Å². The summed E-state index contributed by atoms with van der Waals surface area (Å²) in [5, 5.41) is 4.64. The van der Waals surface area contributed by atoms with E-state index in [2.05, 4.69) is 10.3 Å². The van der Waals surface area contributed by atoms with Gasteiger partial charge in [-0.1, -0.05) is 42.5 Å². The predicted molar refractivity (Wildman–Crippen MR) is 101 cm³/mol. The van der Waals surface area contributed by atoms with Crippen molar-refractivity contribution in [2.24, 2.45) is 0 Å². The van der Waals surface area contributed by atoms with E-state index in [0.29, 0.717) is 25.3 Å². The van der Waals surface area contributed by atoms with Gasteiger partial charge in [0.25, 0.3) is 11.8 Å². The van der Waals surface area contributed by atoms with Crippen molar-refractivity contribution < 1.29 is 14.3 Å². The van der Waals surface area contributed by atoms with Crippen LogP contribution in [0.25, 0.3) is 10.8 Å². The Hall–Kier alpha value is -3.41. The van der Waals surface area contributed by atoms with Gasteiger partial charge in [-0.25, -0.2) is 0 Å². The van der Waals surface area contributed by atoms with E-state index in [4.69, 9.17) is 4.74 Å². The van der Waals surface area contributed by atoms with Gasteiger partial charge in [0.1, 0.15) is 11.4 Å². The summed E-state index contributed by atoms with van der Waals surface area (Å²) in [7, 11) is 0. The molecule has 0 saturated carbocycles. The second kappa shape index (κ2) is 7.45. The first-order valence-corrected chi connectivity index (χ1v) is 8.83. The van der Waals surface area contributed by atoms with Crippen molar-refractivity contribution in [3.8, 4) is 5.75 Å². The molecular weight excluding hydrogens is 342 g/mol. The Morgan fingerprint density at radius 3 is 2.85 bits per heavy atom. The lowest BCUT2D eigenvalue weighted by Crippen LogP contribution is -2.39. The molecule has 0 fully saturated rings. The van der Waals surface area contributed by atoms with E-state index in [1.54, 1.807) is 11.1 Å².